The van der Waals surface area contributed by atoms with Crippen LogP contribution in [0.25, 0.3) is 0 Å². The average molecular weight is 314 g/mol. The van der Waals surface area contributed by atoms with Gasteiger partial charge in [-0.15, -0.1) is 36.2 Å². The smallest absolute Gasteiger partial charge is 0.270 e. The van der Waals surface area contributed by atoms with Crippen LogP contribution in [-0.2, 0) is 0 Å². The van der Waals surface area contributed by atoms with E-state index in [-0.39, 0.29) is 30.7 Å². The third kappa shape index (κ3) is 6.54. The molecule has 18 heavy (non-hydrogen) atoms. The molecule has 106 valence electrons. The van der Waals surface area contributed by atoms with Gasteiger partial charge >= 0.3 is 0 Å². The molecule has 0 aromatic carbocycles. The molecular weight excluding hydrogens is 293 g/mol. The minimum Gasteiger partial charge on any atom is -0.351 e. The maximum atomic E-state index is 11.6. The molecule has 0 aliphatic rings. The summed E-state index contributed by atoms with van der Waals surface area (Å²) in [6.45, 7) is 5.48. The first-order valence-corrected chi connectivity index (χ1v) is 6.46. The van der Waals surface area contributed by atoms with Gasteiger partial charge in [-0.2, -0.15) is 0 Å². The molecule has 0 aliphatic carbocycles. The standard InChI is InChI=1S/C11H19N3OS.2ClH/c1-8(2)11-14-9(7-16-11)10(15)13-6-4-3-5-12;;/h7-8H,3-6,12H2,1-2H3,(H,13,15);2*1H. The number of carbonyl (C=O) groups excluding carboxylic acids is 1. The molecule has 7 heteroatoms. The van der Waals surface area contributed by atoms with Crippen molar-refractivity contribution in [2.75, 3.05) is 13.1 Å². The lowest BCUT2D eigenvalue weighted by molar-refractivity contribution is 0.0948. The number of amides is 1. The Kier molecular flexibility index (Phi) is 11.7. The summed E-state index contributed by atoms with van der Waals surface area (Å²) in [5.41, 5.74) is 5.90. The molecule has 0 bridgehead atoms. The fraction of sp³-hybridized carbons (Fsp3) is 0.636. The summed E-state index contributed by atoms with van der Waals surface area (Å²) >= 11 is 1.54. The molecule has 0 saturated carbocycles. The molecule has 1 heterocycles. The molecule has 0 saturated heterocycles. The molecule has 1 rings (SSSR count). The number of aromatic nitrogens is 1. The van der Waals surface area contributed by atoms with Crippen LogP contribution >= 0.6 is 36.2 Å². The number of nitrogens with one attached hydrogen (secondary N) is 1. The number of halogens is 2. The maximum Gasteiger partial charge on any atom is 0.270 e. The van der Waals surface area contributed by atoms with Gasteiger partial charge in [0.15, 0.2) is 0 Å². The summed E-state index contributed by atoms with van der Waals surface area (Å²) in [6.07, 6.45) is 1.86. The summed E-state index contributed by atoms with van der Waals surface area (Å²) in [7, 11) is 0. The highest BCUT2D eigenvalue weighted by molar-refractivity contribution is 7.09. The van der Waals surface area contributed by atoms with E-state index in [1.54, 1.807) is 0 Å². The monoisotopic (exact) mass is 313 g/mol. The normalized spacial score (nSPS) is 9.56. The Bertz CT molecular complexity index is 345. The van der Waals surface area contributed by atoms with E-state index < -0.39 is 0 Å². The van der Waals surface area contributed by atoms with Gasteiger partial charge in [0.1, 0.15) is 5.69 Å². The Morgan fingerprint density at radius 2 is 2.11 bits per heavy atom. The zero-order chi connectivity index (χ0) is 12.0. The number of thiazole rings is 1. The zero-order valence-corrected chi connectivity index (χ0v) is 13.1. The van der Waals surface area contributed by atoms with E-state index in [0.717, 1.165) is 17.8 Å². The number of hydrogen-bond donors (Lipinski definition) is 2. The second-order valence-corrected chi connectivity index (χ2v) is 4.87. The van der Waals surface area contributed by atoms with Gasteiger partial charge in [0.2, 0.25) is 0 Å². The fourth-order valence-electron chi connectivity index (χ4n) is 1.22. The number of hydrogen-bond acceptors (Lipinski definition) is 4. The Hall–Kier alpha value is -0.360. The highest BCUT2D eigenvalue weighted by atomic mass is 35.5. The van der Waals surface area contributed by atoms with Crippen molar-refractivity contribution in [3.8, 4) is 0 Å². The van der Waals surface area contributed by atoms with E-state index in [9.17, 15) is 4.79 Å². The second kappa shape index (κ2) is 10.6. The summed E-state index contributed by atoms with van der Waals surface area (Å²) in [4.78, 5) is 15.9. The molecule has 1 aromatic heterocycles. The van der Waals surface area contributed by atoms with E-state index in [1.165, 1.54) is 11.3 Å². The van der Waals surface area contributed by atoms with Crippen LogP contribution in [0, 0.1) is 0 Å². The number of carbonyl (C=O) groups is 1. The minimum absolute atomic E-state index is 0. The SMILES string of the molecule is CC(C)c1nc(C(=O)NCCCCN)cs1.Cl.Cl. The second-order valence-electron chi connectivity index (χ2n) is 3.98. The van der Waals surface area contributed by atoms with Crippen LogP contribution in [0.4, 0.5) is 0 Å². The summed E-state index contributed by atoms with van der Waals surface area (Å²) in [5, 5.41) is 5.66. The van der Waals surface area contributed by atoms with Crippen molar-refractivity contribution in [1.29, 1.82) is 0 Å². The van der Waals surface area contributed by atoms with E-state index in [2.05, 4.69) is 24.1 Å². The Balaban J connectivity index is 0. The van der Waals surface area contributed by atoms with Crippen LogP contribution in [0.15, 0.2) is 5.38 Å². The van der Waals surface area contributed by atoms with Gasteiger partial charge in [0.25, 0.3) is 5.91 Å². The molecule has 0 aliphatic heterocycles. The molecule has 3 N–H and O–H groups in total. The summed E-state index contributed by atoms with van der Waals surface area (Å²) in [5.74, 6) is 0.295. The van der Waals surface area contributed by atoms with Crippen molar-refractivity contribution in [2.24, 2.45) is 5.73 Å². The topological polar surface area (TPSA) is 68.0 Å². The van der Waals surface area contributed by atoms with E-state index in [1.807, 2.05) is 5.38 Å². The van der Waals surface area contributed by atoms with Crippen molar-refractivity contribution in [2.45, 2.75) is 32.6 Å². The number of nitrogens with two attached hydrogens (primary N) is 1. The first kappa shape index (κ1) is 20.0. The molecule has 0 fully saturated rings. The zero-order valence-electron chi connectivity index (χ0n) is 10.6. The van der Waals surface area contributed by atoms with Crippen LogP contribution < -0.4 is 11.1 Å². The highest BCUT2D eigenvalue weighted by Gasteiger charge is 2.11. The van der Waals surface area contributed by atoms with Crippen molar-refractivity contribution in [1.82, 2.24) is 10.3 Å². The van der Waals surface area contributed by atoms with Crippen LogP contribution in [0.3, 0.4) is 0 Å². The Morgan fingerprint density at radius 1 is 1.44 bits per heavy atom. The van der Waals surface area contributed by atoms with E-state index in [4.69, 9.17) is 5.73 Å². The summed E-state index contributed by atoms with van der Waals surface area (Å²) in [6, 6.07) is 0. The van der Waals surface area contributed by atoms with Crippen LogP contribution in [0.2, 0.25) is 0 Å². The van der Waals surface area contributed by atoms with Gasteiger partial charge in [-0.3, -0.25) is 4.79 Å². The lowest BCUT2D eigenvalue weighted by Gasteiger charge is -2.02. The lowest BCUT2D eigenvalue weighted by Crippen LogP contribution is -2.25. The first-order chi connectivity index (χ1) is 7.65. The molecule has 0 spiro atoms. The molecule has 0 unspecified atom stereocenters. The van der Waals surface area contributed by atoms with Crippen molar-refractivity contribution in [3.63, 3.8) is 0 Å². The Morgan fingerprint density at radius 3 is 2.61 bits per heavy atom. The summed E-state index contributed by atoms with van der Waals surface area (Å²) < 4.78 is 0. The van der Waals surface area contributed by atoms with Gasteiger partial charge in [0.05, 0.1) is 5.01 Å². The number of rotatable bonds is 6. The number of unbranched alkanes of at least 4 members (excludes halogenated alkanes) is 1. The van der Waals surface area contributed by atoms with Crippen LogP contribution in [-0.4, -0.2) is 24.0 Å². The average Bonchev–Trinajstić information content (AvgIpc) is 2.73. The third-order valence-corrected chi connectivity index (χ3v) is 3.31. The Labute approximate surface area is 125 Å². The molecular formula is C11H21Cl2N3OS. The molecule has 0 radical (unpaired) electrons. The molecule has 1 amide bonds. The lowest BCUT2D eigenvalue weighted by atomic mass is 10.2. The van der Waals surface area contributed by atoms with Crippen LogP contribution in [0.5, 0.6) is 0 Å². The van der Waals surface area contributed by atoms with Gasteiger partial charge in [-0.25, -0.2) is 4.98 Å². The van der Waals surface area contributed by atoms with Crippen molar-refractivity contribution < 1.29 is 4.79 Å². The van der Waals surface area contributed by atoms with Crippen molar-refractivity contribution in [3.05, 3.63) is 16.1 Å². The quantitative estimate of drug-likeness (QED) is 0.793. The van der Waals surface area contributed by atoms with Crippen LogP contribution in [0.1, 0.15) is 48.1 Å². The fourth-order valence-corrected chi connectivity index (χ4v) is 2.03. The van der Waals surface area contributed by atoms with E-state index in [0.29, 0.717) is 24.7 Å². The van der Waals surface area contributed by atoms with Crippen molar-refractivity contribution >= 4 is 42.1 Å². The predicted molar refractivity (Wildman–Crippen MR) is 81.3 cm³/mol. The van der Waals surface area contributed by atoms with Gasteiger partial charge in [-0.05, 0) is 19.4 Å². The maximum absolute atomic E-state index is 11.6. The van der Waals surface area contributed by atoms with Gasteiger partial charge in [-0.1, -0.05) is 13.8 Å². The third-order valence-electron chi connectivity index (χ3n) is 2.16. The minimum atomic E-state index is -0.0832. The van der Waals surface area contributed by atoms with Gasteiger partial charge < -0.3 is 11.1 Å². The largest absolute Gasteiger partial charge is 0.351 e. The molecule has 4 nitrogen and oxygen atoms in total. The van der Waals surface area contributed by atoms with Gasteiger partial charge in [0, 0.05) is 17.8 Å². The molecule has 0 atom stereocenters. The molecule has 1 aromatic rings. The first-order valence-electron chi connectivity index (χ1n) is 5.59. The predicted octanol–water partition coefficient (Wildman–Crippen LogP) is 2.58. The number of nitrogens with zero attached hydrogens (tertiary/aromatic N) is 1. The highest BCUT2D eigenvalue weighted by Crippen LogP contribution is 2.18. The van der Waals surface area contributed by atoms with E-state index >= 15 is 0 Å².